The van der Waals surface area contributed by atoms with Crippen molar-refractivity contribution < 1.29 is 28.9 Å². The molecule has 1 heterocycles. The van der Waals surface area contributed by atoms with Gasteiger partial charge in [0.2, 0.25) is 0 Å². The van der Waals surface area contributed by atoms with E-state index in [4.69, 9.17) is 9.47 Å². The van der Waals surface area contributed by atoms with Crippen molar-refractivity contribution in [2.24, 2.45) is 5.10 Å². The number of hydrazone groups is 1. The first kappa shape index (κ1) is 29.1. The molecule has 0 aliphatic rings. The lowest BCUT2D eigenvalue weighted by atomic mass is 10.1. The molecule has 14 heteroatoms. The number of rotatable bonds is 10. The van der Waals surface area contributed by atoms with Crippen LogP contribution in [-0.2, 0) is 6.54 Å². The second-order valence-corrected chi connectivity index (χ2v) is 8.96. The summed E-state index contributed by atoms with van der Waals surface area (Å²) in [4.78, 5) is 46.2. The van der Waals surface area contributed by atoms with Crippen LogP contribution in [0.5, 0.6) is 11.5 Å². The number of nitrogens with one attached hydrogen (secondary N) is 1. The minimum absolute atomic E-state index is 0.0492. The van der Waals surface area contributed by atoms with E-state index in [1.165, 1.54) is 61.3 Å². The van der Waals surface area contributed by atoms with Crippen molar-refractivity contribution in [1.29, 1.82) is 0 Å². The van der Waals surface area contributed by atoms with Crippen LogP contribution in [-0.4, -0.2) is 44.8 Å². The molecule has 3 aromatic carbocycles. The van der Waals surface area contributed by atoms with Crippen LogP contribution in [0.3, 0.4) is 0 Å². The number of nitrogens with zero attached hydrogens (tertiary/aromatic N) is 5. The monoisotopic (exact) mass is 572 g/mol. The van der Waals surface area contributed by atoms with Gasteiger partial charge in [0, 0.05) is 17.2 Å². The van der Waals surface area contributed by atoms with Crippen LogP contribution in [0.15, 0.2) is 71.8 Å². The highest BCUT2D eigenvalue weighted by Crippen LogP contribution is 2.30. The molecule has 0 fully saturated rings. The van der Waals surface area contributed by atoms with Crippen molar-refractivity contribution in [3.63, 3.8) is 0 Å². The van der Waals surface area contributed by atoms with Gasteiger partial charge in [-0.25, -0.2) is 10.2 Å². The van der Waals surface area contributed by atoms with E-state index in [1.54, 1.807) is 37.3 Å². The Balaban J connectivity index is 1.38. The molecule has 0 spiro atoms. The third kappa shape index (κ3) is 6.62. The van der Waals surface area contributed by atoms with Gasteiger partial charge in [-0.3, -0.25) is 14.9 Å². The van der Waals surface area contributed by atoms with E-state index in [2.05, 4.69) is 15.6 Å². The van der Waals surface area contributed by atoms with Gasteiger partial charge >= 0.3 is 11.8 Å². The van der Waals surface area contributed by atoms with E-state index in [0.29, 0.717) is 23.4 Å². The number of esters is 1. The van der Waals surface area contributed by atoms with E-state index in [1.807, 2.05) is 0 Å². The van der Waals surface area contributed by atoms with Gasteiger partial charge in [-0.05, 0) is 66.3 Å². The van der Waals surface area contributed by atoms with Gasteiger partial charge in [-0.15, -0.1) is 0 Å². The topological polar surface area (TPSA) is 181 Å². The number of carbonyl (C=O) groups is 2. The van der Waals surface area contributed by atoms with E-state index < -0.39 is 21.7 Å². The molecule has 214 valence electrons. The van der Waals surface area contributed by atoms with Crippen molar-refractivity contribution in [3.05, 3.63) is 120 Å². The molecule has 0 unspecified atom stereocenters. The van der Waals surface area contributed by atoms with Crippen molar-refractivity contribution in [2.75, 3.05) is 7.11 Å². The molecule has 4 rings (SSSR count). The zero-order valence-electron chi connectivity index (χ0n) is 22.6. The molecule has 0 radical (unpaired) electrons. The van der Waals surface area contributed by atoms with Gasteiger partial charge in [0.25, 0.3) is 11.6 Å². The first-order valence-electron chi connectivity index (χ1n) is 12.3. The van der Waals surface area contributed by atoms with Crippen LogP contribution in [0.1, 0.15) is 43.1 Å². The number of hydrogen-bond donors (Lipinski definition) is 1. The number of aryl methyl sites for hydroxylation is 1. The smallest absolute Gasteiger partial charge is 0.390 e. The van der Waals surface area contributed by atoms with Crippen molar-refractivity contribution in [1.82, 2.24) is 15.2 Å². The third-order valence-electron chi connectivity index (χ3n) is 6.20. The van der Waals surface area contributed by atoms with Crippen LogP contribution < -0.4 is 14.9 Å². The molecule has 0 bridgehead atoms. The molecule has 42 heavy (non-hydrogen) atoms. The Morgan fingerprint density at radius 2 is 1.74 bits per heavy atom. The number of nitro benzene ring substituents is 1. The first-order valence-corrected chi connectivity index (χ1v) is 12.3. The second-order valence-electron chi connectivity index (χ2n) is 8.96. The van der Waals surface area contributed by atoms with Crippen LogP contribution in [0.4, 0.5) is 11.5 Å². The van der Waals surface area contributed by atoms with Gasteiger partial charge in [0.05, 0.1) is 47.2 Å². The molecule has 0 saturated carbocycles. The lowest BCUT2D eigenvalue weighted by Crippen LogP contribution is -2.17. The Labute approximate surface area is 238 Å². The van der Waals surface area contributed by atoms with Crippen molar-refractivity contribution in [3.8, 4) is 11.5 Å². The lowest BCUT2D eigenvalue weighted by molar-refractivity contribution is -0.389. The molecule has 1 aromatic heterocycles. The third-order valence-corrected chi connectivity index (χ3v) is 6.20. The van der Waals surface area contributed by atoms with Gasteiger partial charge in [-0.1, -0.05) is 18.2 Å². The predicted octanol–water partition coefficient (Wildman–Crippen LogP) is 4.36. The summed E-state index contributed by atoms with van der Waals surface area (Å²) in [7, 11) is 1.38. The highest BCUT2D eigenvalue weighted by molar-refractivity contribution is 5.95. The number of aromatic nitrogens is 2. The van der Waals surface area contributed by atoms with Crippen LogP contribution >= 0.6 is 0 Å². The lowest BCUT2D eigenvalue weighted by Gasteiger charge is -2.11. The SMILES string of the molecule is COc1cc(/C=N/NC(=O)c2ccc(Cn3nc([N+](=O)[O-])cc3C)cc2)ccc1OC(=O)c1cccc([N+](=O)[O-])c1C. The average Bonchev–Trinajstić information content (AvgIpc) is 3.34. The Hall–Kier alpha value is -5.92. The Morgan fingerprint density at radius 1 is 1.00 bits per heavy atom. The molecule has 0 aliphatic heterocycles. The summed E-state index contributed by atoms with van der Waals surface area (Å²) in [5, 5.41) is 30.0. The van der Waals surface area contributed by atoms with Crippen molar-refractivity contribution in [2.45, 2.75) is 20.4 Å². The number of benzene rings is 3. The van der Waals surface area contributed by atoms with E-state index in [0.717, 1.165) is 5.56 Å². The predicted molar refractivity (Wildman–Crippen MR) is 150 cm³/mol. The summed E-state index contributed by atoms with van der Waals surface area (Å²) in [6.45, 7) is 3.49. The van der Waals surface area contributed by atoms with E-state index in [9.17, 15) is 29.8 Å². The fourth-order valence-electron chi connectivity index (χ4n) is 3.95. The second kappa shape index (κ2) is 12.5. The normalized spacial score (nSPS) is 10.8. The minimum Gasteiger partial charge on any atom is -0.493 e. The van der Waals surface area contributed by atoms with E-state index >= 15 is 0 Å². The number of hydrogen-bond acceptors (Lipinski definition) is 10. The van der Waals surface area contributed by atoms with Crippen molar-refractivity contribution >= 4 is 29.6 Å². The average molecular weight is 573 g/mol. The summed E-state index contributed by atoms with van der Waals surface area (Å²) in [5.74, 6) is -1.18. The molecule has 0 aliphatic carbocycles. The van der Waals surface area contributed by atoms with Gasteiger partial charge in [-0.2, -0.15) is 9.78 Å². The summed E-state index contributed by atoms with van der Waals surface area (Å²) in [6, 6.07) is 16.7. The molecular formula is C28H24N6O8. The van der Waals surface area contributed by atoms with Crippen LogP contribution in [0, 0.1) is 34.1 Å². The highest BCUT2D eigenvalue weighted by Gasteiger charge is 2.21. The quantitative estimate of drug-likeness (QED) is 0.0949. The number of nitro groups is 2. The summed E-state index contributed by atoms with van der Waals surface area (Å²) >= 11 is 0. The van der Waals surface area contributed by atoms with Gasteiger partial charge < -0.3 is 19.6 Å². The van der Waals surface area contributed by atoms with Crippen LogP contribution in [0.2, 0.25) is 0 Å². The Morgan fingerprint density at radius 3 is 2.38 bits per heavy atom. The standard InChI is InChI=1S/C28H24N6O8/c1-17-13-26(34(39)40)31-32(17)16-19-7-10-21(11-8-19)27(35)30-29-15-20-9-12-24(25(14-20)41-3)42-28(36)22-5-4-6-23(18(22)2)33(37)38/h4-15H,16H2,1-3H3,(H,30,35)/b29-15+. The number of ether oxygens (including phenoxy) is 2. The number of methoxy groups -OCH3 is 1. The summed E-state index contributed by atoms with van der Waals surface area (Å²) in [5.41, 5.74) is 4.76. The zero-order chi connectivity index (χ0) is 30.4. The number of carbonyl (C=O) groups excluding carboxylic acids is 2. The maximum absolute atomic E-state index is 12.7. The largest absolute Gasteiger partial charge is 0.493 e. The fraction of sp³-hybridized carbons (Fsp3) is 0.143. The Bertz CT molecular complexity index is 1710. The minimum atomic E-state index is -0.782. The first-order chi connectivity index (χ1) is 20.1. The fourth-order valence-corrected chi connectivity index (χ4v) is 3.95. The molecular weight excluding hydrogens is 548 g/mol. The molecule has 1 N–H and O–H groups in total. The maximum Gasteiger partial charge on any atom is 0.390 e. The molecule has 14 nitrogen and oxygen atoms in total. The Kier molecular flexibility index (Phi) is 8.66. The molecule has 0 atom stereocenters. The number of amides is 1. The maximum atomic E-state index is 12.7. The summed E-state index contributed by atoms with van der Waals surface area (Å²) < 4.78 is 12.2. The molecule has 4 aromatic rings. The molecule has 1 amide bonds. The summed E-state index contributed by atoms with van der Waals surface area (Å²) in [6.07, 6.45) is 1.37. The molecule has 0 saturated heterocycles. The van der Waals surface area contributed by atoms with Crippen LogP contribution in [0.25, 0.3) is 0 Å². The van der Waals surface area contributed by atoms with Gasteiger partial charge in [0.1, 0.15) is 0 Å². The highest BCUT2D eigenvalue weighted by atomic mass is 16.6. The zero-order valence-corrected chi connectivity index (χ0v) is 22.6. The van der Waals surface area contributed by atoms with Gasteiger partial charge in [0.15, 0.2) is 11.5 Å². The van der Waals surface area contributed by atoms with E-state index in [-0.39, 0.29) is 34.1 Å².